The topological polar surface area (TPSA) is 102 Å². The van der Waals surface area contributed by atoms with E-state index >= 15 is 0 Å². The summed E-state index contributed by atoms with van der Waals surface area (Å²) in [4.78, 5) is 28.6. The number of carbonyl (C=O) groups is 2. The van der Waals surface area contributed by atoms with Gasteiger partial charge in [-0.2, -0.15) is 0 Å². The largest absolute Gasteiger partial charge is 0.456 e. The number of hydrogen-bond acceptors (Lipinski definition) is 7. The van der Waals surface area contributed by atoms with Crippen LogP contribution in [0.15, 0.2) is 52.7 Å². The molecule has 0 aliphatic heterocycles. The van der Waals surface area contributed by atoms with E-state index in [4.69, 9.17) is 16.3 Å². The summed E-state index contributed by atoms with van der Waals surface area (Å²) in [5.74, 6) is -0.899. The summed E-state index contributed by atoms with van der Waals surface area (Å²) in [6.45, 7) is 1.86. The van der Waals surface area contributed by atoms with E-state index in [1.165, 1.54) is 29.5 Å². The van der Waals surface area contributed by atoms with Crippen LogP contribution in [0.5, 0.6) is 0 Å². The Balaban J connectivity index is 1.57. The Bertz CT molecular complexity index is 1220. The lowest BCUT2D eigenvalue weighted by atomic mass is 10.2. The molecule has 3 aromatic rings. The quantitative estimate of drug-likeness (QED) is 0.514. The summed E-state index contributed by atoms with van der Waals surface area (Å²) in [7, 11) is -3.58. The number of thiazole rings is 1. The van der Waals surface area contributed by atoms with Crippen LogP contribution in [-0.4, -0.2) is 31.5 Å². The molecule has 7 nitrogen and oxygen atoms in total. The summed E-state index contributed by atoms with van der Waals surface area (Å²) >= 11 is 7.17. The van der Waals surface area contributed by atoms with E-state index in [1.807, 2.05) is 31.2 Å². The van der Waals surface area contributed by atoms with E-state index in [9.17, 15) is 18.0 Å². The molecular weight excluding hydrogens is 460 g/mol. The number of carbonyl (C=O) groups excluding carboxylic acids is 2. The van der Waals surface area contributed by atoms with Gasteiger partial charge in [-0.15, -0.1) is 11.3 Å². The number of hydrogen-bond donors (Lipinski definition) is 1. The molecular formula is C21H19ClN2O5S2. The van der Waals surface area contributed by atoms with Gasteiger partial charge in [-0.05, 0) is 37.3 Å². The van der Waals surface area contributed by atoms with Crippen molar-refractivity contribution < 1.29 is 22.7 Å². The molecule has 0 spiro atoms. The molecule has 31 heavy (non-hydrogen) atoms. The minimum absolute atomic E-state index is 0.0344. The molecule has 1 aromatic heterocycles. The number of aryl methyl sites for hydroxylation is 1. The molecule has 2 aromatic carbocycles. The fraction of sp³-hybridized carbons (Fsp3) is 0.190. The van der Waals surface area contributed by atoms with Gasteiger partial charge < -0.3 is 10.1 Å². The highest BCUT2D eigenvalue weighted by Gasteiger charge is 2.17. The molecule has 10 heteroatoms. The van der Waals surface area contributed by atoms with Gasteiger partial charge in [-0.25, -0.2) is 18.2 Å². The van der Waals surface area contributed by atoms with E-state index in [2.05, 4.69) is 10.3 Å². The molecule has 0 radical (unpaired) electrons. The molecule has 0 atom stereocenters. The molecule has 0 saturated carbocycles. The van der Waals surface area contributed by atoms with Gasteiger partial charge in [-0.1, -0.05) is 29.3 Å². The number of halogens is 1. The lowest BCUT2D eigenvalue weighted by Gasteiger charge is -2.06. The molecule has 1 N–H and O–H groups in total. The molecule has 0 aliphatic rings. The van der Waals surface area contributed by atoms with Crippen molar-refractivity contribution in [3.05, 3.63) is 74.7 Å². The lowest BCUT2D eigenvalue weighted by Crippen LogP contribution is -2.14. The van der Waals surface area contributed by atoms with Crippen molar-refractivity contribution in [2.45, 2.75) is 24.8 Å². The first-order valence-electron chi connectivity index (χ1n) is 9.08. The Morgan fingerprint density at radius 3 is 2.55 bits per heavy atom. The number of amides is 1. The smallest absolute Gasteiger partial charge is 0.338 e. The third kappa shape index (κ3) is 6.36. The zero-order valence-corrected chi connectivity index (χ0v) is 19.1. The van der Waals surface area contributed by atoms with Gasteiger partial charge in [0.25, 0.3) is 0 Å². The number of rotatable bonds is 7. The summed E-state index contributed by atoms with van der Waals surface area (Å²) in [5, 5.41) is 5.12. The number of nitrogens with zero attached hydrogens (tertiary/aromatic N) is 1. The van der Waals surface area contributed by atoms with Crippen molar-refractivity contribution in [3.63, 3.8) is 0 Å². The molecule has 0 aliphatic carbocycles. The van der Waals surface area contributed by atoms with E-state index in [0.29, 0.717) is 16.4 Å². The first kappa shape index (κ1) is 22.9. The van der Waals surface area contributed by atoms with E-state index in [1.54, 1.807) is 5.38 Å². The maximum Gasteiger partial charge on any atom is 0.338 e. The van der Waals surface area contributed by atoms with Crippen LogP contribution in [0.25, 0.3) is 0 Å². The van der Waals surface area contributed by atoms with Gasteiger partial charge in [-0.3, -0.25) is 4.79 Å². The van der Waals surface area contributed by atoms with Crippen LogP contribution in [0.2, 0.25) is 5.02 Å². The second kappa shape index (κ2) is 9.59. The predicted molar refractivity (Wildman–Crippen MR) is 119 cm³/mol. The second-order valence-corrected chi connectivity index (χ2v) is 10.2. The predicted octanol–water partition coefficient (Wildman–Crippen LogP) is 4.05. The SMILES string of the molecule is Cc1ccc(NC(=O)Cc2nc(COC(=O)c3ccc(Cl)c(S(C)(=O)=O)c3)cs2)cc1. The van der Waals surface area contributed by atoms with Crippen molar-refractivity contribution in [1.29, 1.82) is 0 Å². The van der Waals surface area contributed by atoms with Crippen LogP contribution in [0.1, 0.15) is 26.6 Å². The number of nitrogens with one attached hydrogen (secondary N) is 1. The molecule has 1 amide bonds. The summed E-state index contributed by atoms with van der Waals surface area (Å²) in [6, 6.07) is 11.4. The molecule has 1 heterocycles. The first-order valence-corrected chi connectivity index (χ1v) is 12.2. The minimum atomic E-state index is -3.58. The molecule has 0 bridgehead atoms. The van der Waals surface area contributed by atoms with Crippen molar-refractivity contribution >= 4 is 50.3 Å². The molecule has 0 saturated heterocycles. The molecule has 0 fully saturated rings. The Morgan fingerprint density at radius 1 is 1.16 bits per heavy atom. The summed E-state index contributed by atoms with van der Waals surface area (Å²) < 4.78 is 28.7. The normalized spacial score (nSPS) is 11.2. The van der Waals surface area contributed by atoms with Crippen LogP contribution in [0.3, 0.4) is 0 Å². The summed E-state index contributed by atoms with van der Waals surface area (Å²) in [6.07, 6.45) is 1.11. The first-order chi connectivity index (χ1) is 14.6. The van der Waals surface area contributed by atoms with Crippen LogP contribution in [-0.2, 0) is 32.4 Å². The van der Waals surface area contributed by atoms with Gasteiger partial charge in [0.2, 0.25) is 5.91 Å². The molecule has 162 valence electrons. The van der Waals surface area contributed by atoms with Gasteiger partial charge in [0.1, 0.15) is 11.6 Å². The average molecular weight is 479 g/mol. The highest BCUT2D eigenvalue weighted by molar-refractivity contribution is 7.90. The maximum atomic E-state index is 12.3. The maximum absolute atomic E-state index is 12.3. The van der Waals surface area contributed by atoms with Crippen molar-refractivity contribution in [3.8, 4) is 0 Å². The lowest BCUT2D eigenvalue weighted by molar-refractivity contribution is -0.115. The van der Waals surface area contributed by atoms with Crippen LogP contribution in [0.4, 0.5) is 5.69 Å². The van der Waals surface area contributed by atoms with Crippen LogP contribution >= 0.6 is 22.9 Å². The zero-order chi connectivity index (χ0) is 22.6. The minimum Gasteiger partial charge on any atom is -0.456 e. The van der Waals surface area contributed by atoms with Crippen molar-refractivity contribution in [2.75, 3.05) is 11.6 Å². The number of benzene rings is 2. The van der Waals surface area contributed by atoms with Crippen LogP contribution < -0.4 is 5.32 Å². The Kier molecular flexibility index (Phi) is 7.09. The van der Waals surface area contributed by atoms with Gasteiger partial charge in [0, 0.05) is 17.3 Å². The average Bonchev–Trinajstić information content (AvgIpc) is 3.14. The fourth-order valence-corrected chi connectivity index (χ4v) is 4.69. The number of esters is 1. The highest BCUT2D eigenvalue weighted by Crippen LogP contribution is 2.23. The third-order valence-corrected chi connectivity index (χ3v) is 6.64. The van der Waals surface area contributed by atoms with E-state index in [0.717, 1.165) is 11.8 Å². The Hall–Kier alpha value is -2.75. The monoisotopic (exact) mass is 478 g/mol. The van der Waals surface area contributed by atoms with Crippen LogP contribution in [0, 0.1) is 6.92 Å². The number of aromatic nitrogens is 1. The van der Waals surface area contributed by atoms with E-state index < -0.39 is 15.8 Å². The number of sulfone groups is 1. The standard InChI is InChI=1S/C21H19ClN2O5S2/c1-13-3-6-15(7-4-13)23-19(25)10-20-24-16(12-30-20)11-29-21(26)14-5-8-17(22)18(9-14)31(2,27)28/h3-9,12H,10-11H2,1-2H3,(H,23,25). The van der Waals surface area contributed by atoms with Crippen molar-refractivity contribution in [1.82, 2.24) is 4.98 Å². The number of anilines is 1. The Labute approximate surface area is 189 Å². The highest BCUT2D eigenvalue weighted by atomic mass is 35.5. The van der Waals surface area contributed by atoms with Crippen molar-refractivity contribution in [2.24, 2.45) is 0 Å². The third-order valence-electron chi connectivity index (χ3n) is 4.16. The summed E-state index contributed by atoms with van der Waals surface area (Å²) in [5.41, 5.74) is 2.37. The van der Waals surface area contributed by atoms with Gasteiger partial charge in [0.05, 0.1) is 27.6 Å². The van der Waals surface area contributed by atoms with Gasteiger partial charge >= 0.3 is 5.97 Å². The van der Waals surface area contributed by atoms with E-state index in [-0.39, 0.29) is 34.4 Å². The number of ether oxygens (including phenoxy) is 1. The van der Waals surface area contributed by atoms with Gasteiger partial charge in [0.15, 0.2) is 9.84 Å². The molecule has 0 unspecified atom stereocenters. The fourth-order valence-electron chi connectivity index (χ4n) is 2.61. The molecule has 3 rings (SSSR count). The Morgan fingerprint density at radius 2 is 1.87 bits per heavy atom. The zero-order valence-electron chi connectivity index (χ0n) is 16.7. The second-order valence-electron chi connectivity index (χ2n) is 6.82.